The van der Waals surface area contributed by atoms with E-state index in [-0.39, 0.29) is 5.97 Å². The highest BCUT2D eigenvalue weighted by Crippen LogP contribution is 2.35. The molecule has 0 amide bonds. The summed E-state index contributed by atoms with van der Waals surface area (Å²) in [4.78, 5) is 19.9. The normalized spacial score (nSPS) is 17.9. The first-order chi connectivity index (χ1) is 6.42. The van der Waals surface area contributed by atoms with E-state index >= 15 is 0 Å². The van der Waals surface area contributed by atoms with Gasteiger partial charge >= 0.3 is 5.97 Å². The minimum absolute atomic E-state index is 0.325. The van der Waals surface area contributed by atoms with E-state index in [9.17, 15) is 4.79 Å². The molecule has 0 atom stereocenters. The Morgan fingerprint density at radius 3 is 2.64 bits per heavy atom. The number of halogens is 1. The Morgan fingerprint density at radius 2 is 2.00 bits per heavy atom. The Hall–Kier alpha value is -0.720. The molecule has 74 valence electrons. The highest BCUT2D eigenvalue weighted by molar-refractivity contribution is 14.1. The third kappa shape index (κ3) is 1.30. The monoisotopic (exact) mass is 304 g/mol. The van der Waals surface area contributed by atoms with Crippen LogP contribution in [-0.2, 0) is 10.3 Å². The maximum atomic E-state index is 11.5. The molecule has 0 aliphatic carbocycles. The molecule has 4 nitrogen and oxygen atoms in total. The van der Waals surface area contributed by atoms with E-state index in [0.29, 0.717) is 20.8 Å². The molecule has 1 aliphatic heterocycles. The fourth-order valence-electron chi connectivity index (χ4n) is 1.49. The quantitative estimate of drug-likeness (QED) is 0.417. The molecule has 0 saturated carbocycles. The molecule has 1 aliphatic rings. The van der Waals surface area contributed by atoms with Crippen molar-refractivity contribution in [3.8, 4) is 0 Å². The molecule has 2 rings (SSSR count). The van der Waals surface area contributed by atoms with Gasteiger partial charge in [0.1, 0.15) is 26.4 Å². The summed E-state index contributed by atoms with van der Waals surface area (Å²) < 4.78 is 5.88. The molecule has 0 radical (unpaired) electrons. The second kappa shape index (κ2) is 2.88. The van der Waals surface area contributed by atoms with Crippen molar-refractivity contribution < 1.29 is 9.53 Å². The molecule has 0 fully saturated rings. The predicted molar refractivity (Wildman–Crippen MR) is 57.9 cm³/mol. The molecule has 0 N–H and O–H groups in total. The highest BCUT2D eigenvalue weighted by Gasteiger charge is 2.41. The SMILES string of the molecule is Cc1nc(I)c2c(n1)C(C)(C)OC2=O. The summed E-state index contributed by atoms with van der Waals surface area (Å²) in [6, 6.07) is 0. The molecule has 1 aromatic rings. The number of esters is 1. The Kier molecular flexibility index (Phi) is 2.02. The molecule has 0 spiro atoms. The van der Waals surface area contributed by atoms with Gasteiger partial charge in [-0.1, -0.05) is 0 Å². The van der Waals surface area contributed by atoms with Crippen LogP contribution in [0.25, 0.3) is 0 Å². The minimum Gasteiger partial charge on any atom is -0.449 e. The van der Waals surface area contributed by atoms with Crippen LogP contribution < -0.4 is 0 Å². The van der Waals surface area contributed by atoms with Crippen LogP contribution in [0.3, 0.4) is 0 Å². The van der Waals surface area contributed by atoms with E-state index in [0.717, 1.165) is 0 Å². The van der Waals surface area contributed by atoms with Crippen LogP contribution >= 0.6 is 22.6 Å². The van der Waals surface area contributed by atoms with Crippen molar-refractivity contribution in [1.29, 1.82) is 0 Å². The largest absolute Gasteiger partial charge is 0.449 e. The second-order valence-electron chi connectivity index (χ2n) is 3.69. The number of nitrogens with zero attached hydrogens (tertiary/aromatic N) is 2. The summed E-state index contributed by atoms with van der Waals surface area (Å²) in [5.74, 6) is 0.342. The number of rotatable bonds is 0. The number of aryl methyl sites for hydroxylation is 1. The van der Waals surface area contributed by atoms with Gasteiger partial charge in [0.15, 0.2) is 0 Å². The first kappa shape index (κ1) is 9.82. The average molecular weight is 304 g/mol. The van der Waals surface area contributed by atoms with E-state index in [1.807, 2.05) is 36.4 Å². The van der Waals surface area contributed by atoms with Crippen molar-refractivity contribution >= 4 is 28.6 Å². The van der Waals surface area contributed by atoms with E-state index in [1.165, 1.54) is 0 Å². The number of carbonyl (C=O) groups is 1. The van der Waals surface area contributed by atoms with Crippen molar-refractivity contribution in [1.82, 2.24) is 9.97 Å². The van der Waals surface area contributed by atoms with Gasteiger partial charge in [0.2, 0.25) is 0 Å². The van der Waals surface area contributed by atoms with E-state index in [1.54, 1.807) is 6.92 Å². The zero-order valence-electron chi connectivity index (χ0n) is 8.09. The van der Waals surface area contributed by atoms with Gasteiger partial charge in [-0.25, -0.2) is 14.8 Å². The van der Waals surface area contributed by atoms with Crippen molar-refractivity contribution in [2.45, 2.75) is 26.4 Å². The summed E-state index contributed by atoms with van der Waals surface area (Å²) in [6.07, 6.45) is 0. The van der Waals surface area contributed by atoms with Crippen LogP contribution in [0, 0.1) is 10.6 Å². The summed E-state index contributed by atoms with van der Waals surface area (Å²) in [7, 11) is 0. The van der Waals surface area contributed by atoms with Gasteiger partial charge in [-0.15, -0.1) is 0 Å². The maximum absolute atomic E-state index is 11.5. The van der Waals surface area contributed by atoms with Crippen molar-refractivity contribution in [2.24, 2.45) is 0 Å². The van der Waals surface area contributed by atoms with Gasteiger partial charge < -0.3 is 4.74 Å². The topological polar surface area (TPSA) is 52.1 Å². The Morgan fingerprint density at radius 1 is 1.36 bits per heavy atom. The zero-order valence-corrected chi connectivity index (χ0v) is 10.2. The van der Waals surface area contributed by atoms with Crippen LogP contribution in [0.4, 0.5) is 0 Å². The second-order valence-corrected chi connectivity index (χ2v) is 4.71. The van der Waals surface area contributed by atoms with Crippen molar-refractivity contribution in [2.75, 3.05) is 0 Å². The lowest BCUT2D eigenvalue weighted by Crippen LogP contribution is -2.18. The van der Waals surface area contributed by atoms with Crippen LogP contribution in [-0.4, -0.2) is 15.9 Å². The first-order valence-electron chi connectivity index (χ1n) is 4.20. The zero-order chi connectivity index (χ0) is 10.5. The molecule has 2 heterocycles. The summed E-state index contributed by atoms with van der Waals surface area (Å²) >= 11 is 2.03. The predicted octanol–water partition coefficient (Wildman–Crippen LogP) is 1.80. The number of carbonyl (C=O) groups excluding carboxylic acids is 1. The fourth-order valence-corrected chi connectivity index (χ4v) is 2.31. The number of aromatic nitrogens is 2. The third-order valence-corrected chi connectivity index (χ3v) is 2.88. The van der Waals surface area contributed by atoms with Crippen LogP contribution in [0.5, 0.6) is 0 Å². The summed E-state index contributed by atoms with van der Waals surface area (Å²) in [5.41, 5.74) is 0.584. The number of fused-ring (bicyclic) bond motifs is 1. The van der Waals surface area contributed by atoms with Gasteiger partial charge in [0, 0.05) is 0 Å². The average Bonchev–Trinajstić information content (AvgIpc) is 2.21. The molecule has 14 heavy (non-hydrogen) atoms. The summed E-state index contributed by atoms with van der Waals surface area (Å²) in [6.45, 7) is 5.47. The maximum Gasteiger partial charge on any atom is 0.343 e. The van der Waals surface area contributed by atoms with Crippen LogP contribution in [0.1, 0.15) is 35.7 Å². The fraction of sp³-hybridized carbons (Fsp3) is 0.444. The van der Waals surface area contributed by atoms with Gasteiger partial charge in [-0.2, -0.15) is 0 Å². The molecular formula is C9H9IN2O2. The van der Waals surface area contributed by atoms with Crippen molar-refractivity contribution in [3.63, 3.8) is 0 Å². The van der Waals surface area contributed by atoms with Crippen LogP contribution in [0.15, 0.2) is 0 Å². The van der Waals surface area contributed by atoms with E-state index < -0.39 is 5.60 Å². The summed E-state index contributed by atoms with van der Waals surface area (Å²) in [5, 5.41) is 0. The van der Waals surface area contributed by atoms with Gasteiger partial charge in [-0.3, -0.25) is 0 Å². The molecule has 5 heteroatoms. The standard InChI is InChI=1S/C9H9IN2O2/c1-4-11-6-5(7(10)12-4)8(13)14-9(6,2)3/h1-3H3. The molecule has 0 saturated heterocycles. The number of hydrogen-bond donors (Lipinski definition) is 0. The third-order valence-electron chi connectivity index (χ3n) is 2.10. The number of hydrogen-bond acceptors (Lipinski definition) is 4. The Labute approximate surface area is 95.2 Å². The molecule has 0 unspecified atom stereocenters. The lowest BCUT2D eigenvalue weighted by atomic mass is 10.0. The van der Waals surface area contributed by atoms with Gasteiger partial charge in [0.05, 0.1) is 0 Å². The van der Waals surface area contributed by atoms with Gasteiger partial charge in [-0.05, 0) is 43.4 Å². The lowest BCUT2D eigenvalue weighted by Gasteiger charge is -2.16. The van der Waals surface area contributed by atoms with E-state index in [2.05, 4.69) is 9.97 Å². The van der Waals surface area contributed by atoms with Crippen molar-refractivity contribution in [3.05, 3.63) is 20.8 Å². The molecule has 0 aromatic carbocycles. The highest BCUT2D eigenvalue weighted by atomic mass is 127. The van der Waals surface area contributed by atoms with E-state index in [4.69, 9.17) is 4.74 Å². The number of cyclic esters (lactones) is 1. The first-order valence-corrected chi connectivity index (χ1v) is 5.27. The molecule has 0 bridgehead atoms. The van der Waals surface area contributed by atoms with Gasteiger partial charge in [0.25, 0.3) is 0 Å². The Balaban J connectivity index is 2.75. The Bertz CT molecular complexity index is 429. The lowest BCUT2D eigenvalue weighted by molar-refractivity contribution is 0.00825. The molecule has 1 aromatic heterocycles. The minimum atomic E-state index is -0.625. The number of ether oxygens (including phenoxy) is 1. The molecular weight excluding hydrogens is 295 g/mol. The van der Waals surface area contributed by atoms with Crippen LogP contribution in [0.2, 0.25) is 0 Å². The smallest absolute Gasteiger partial charge is 0.343 e.